The van der Waals surface area contributed by atoms with Gasteiger partial charge in [0, 0.05) is 10.8 Å². The van der Waals surface area contributed by atoms with Crippen LogP contribution in [0, 0.1) is 5.41 Å². The summed E-state index contributed by atoms with van der Waals surface area (Å²) < 4.78 is 0. The fourth-order valence-corrected chi connectivity index (χ4v) is 10.7. The lowest BCUT2D eigenvalue weighted by atomic mass is 9.74. The van der Waals surface area contributed by atoms with E-state index in [-0.39, 0.29) is 10.8 Å². The second-order valence-corrected chi connectivity index (χ2v) is 16.1. The van der Waals surface area contributed by atoms with Crippen LogP contribution in [0.4, 0.5) is 0 Å². The van der Waals surface area contributed by atoms with Crippen LogP contribution in [0.15, 0.2) is 106 Å². The molecule has 0 fully saturated rings. The van der Waals surface area contributed by atoms with Crippen molar-refractivity contribution in [3.63, 3.8) is 0 Å². The Kier molecular flexibility index (Phi) is 5.53. The third-order valence-electron chi connectivity index (χ3n) is 13.1. The highest BCUT2D eigenvalue weighted by molar-refractivity contribution is 5.94. The van der Waals surface area contributed by atoms with Crippen LogP contribution in [-0.2, 0) is 5.41 Å². The summed E-state index contributed by atoms with van der Waals surface area (Å²) in [6.07, 6.45) is 25.9. The molecule has 3 aromatic carbocycles. The fourth-order valence-electron chi connectivity index (χ4n) is 10.7. The molecule has 0 bridgehead atoms. The van der Waals surface area contributed by atoms with Gasteiger partial charge in [0.1, 0.15) is 0 Å². The lowest BCUT2D eigenvalue weighted by Crippen LogP contribution is -2.25. The average Bonchev–Trinajstić information content (AvgIpc) is 3.46. The lowest BCUT2D eigenvalue weighted by molar-refractivity contribution is 0.567. The number of fused-ring (bicyclic) bond motifs is 3. The van der Waals surface area contributed by atoms with Gasteiger partial charge in [0.15, 0.2) is 0 Å². The predicted molar refractivity (Wildman–Crippen MR) is 195 cm³/mol. The molecular formula is C46H44. The summed E-state index contributed by atoms with van der Waals surface area (Å²) in [7, 11) is 0. The Labute approximate surface area is 274 Å². The van der Waals surface area contributed by atoms with Crippen molar-refractivity contribution in [2.75, 3.05) is 0 Å². The monoisotopic (exact) mass is 596 g/mol. The maximum Gasteiger partial charge on any atom is 0.0155 e. The van der Waals surface area contributed by atoms with Gasteiger partial charge < -0.3 is 0 Å². The summed E-state index contributed by atoms with van der Waals surface area (Å²) in [5, 5.41) is 5.87. The molecule has 0 saturated carbocycles. The van der Waals surface area contributed by atoms with E-state index in [0.717, 1.165) is 12.8 Å². The molecule has 0 radical (unpaired) electrons. The summed E-state index contributed by atoms with van der Waals surface area (Å²) in [4.78, 5) is 0. The van der Waals surface area contributed by atoms with Crippen molar-refractivity contribution in [1.29, 1.82) is 0 Å². The molecule has 0 aliphatic heterocycles. The molecule has 0 aromatic heterocycles. The standard InChI is InChI=1S/C46H44/c1-45(2)39-11-6-5-10-34(39)35-20-16-30(24-40(35)45)31-17-21-36-37-22-18-32(26-42(37)46(3,4)41(36)25-31)33-19-14-29-13-12-27-8-7-9-28-15-23-38(33)44(29)43(27)28/h6,8,11-14,18-19,22-26,28H,5,7,9-10,15-17,20-21H2,1-4H3. The van der Waals surface area contributed by atoms with Crippen LogP contribution >= 0.6 is 0 Å². The first-order chi connectivity index (χ1) is 22.3. The Morgan fingerprint density at radius 1 is 0.652 bits per heavy atom. The van der Waals surface area contributed by atoms with Crippen LogP contribution in [-0.4, -0.2) is 0 Å². The normalized spacial score (nSPS) is 24.6. The topological polar surface area (TPSA) is 0 Å². The molecule has 46 heavy (non-hydrogen) atoms. The third kappa shape index (κ3) is 3.57. The molecule has 0 heterocycles. The van der Waals surface area contributed by atoms with Crippen LogP contribution in [0.3, 0.4) is 0 Å². The van der Waals surface area contributed by atoms with Crippen molar-refractivity contribution in [2.24, 2.45) is 5.41 Å². The molecule has 0 spiro atoms. The van der Waals surface area contributed by atoms with Crippen molar-refractivity contribution in [3.8, 4) is 11.1 Å². The first kappa shape index (κ1) is 27.2. The van der Waals surface area contributed by atoms with Gasteiger partial charge >= 0.3 is 0 Å². The molecular weight excluding hydrogens is 553 g/mol. The fraction of sp³-hybridized carbons (Fsp3) is 0.348. The largest absolute Gasteiger partial charge is 0.0839 e. The molecule has 0 N–H and O–H groups in total. The smallest absolute Gasteiger partial charge is 0.0155 e. The van der Waals surface area contributed by atoms with Gasteiger partial charge in [-0.3, -0.25) is 0 Å². The second-order valence-electron chi connectivity index (χ2n) is 16.1. The van der Waals surface area contributed by atoms with Crippen molar-refractivity contribution in [2.45, 2.75) is 96.8 Å². The van der Waals surface area contributed by atoms with E-state index in [0.29, 0.717) is 5.92 Å². The minimum absolute atomic E-state index is 0.00108. The zero-order valence-corrected chi connectivity index (χ0v) is 27.9. The van der Waals surface area contributed by atoms with Crippen molar-refractivity contribution in [1.82, 2.24) is 0 Å². The van der Waals surface area contributed by atoms with Crippen molar-refractivity contribution >= 4 is 28.5 Å². The van der Waals surface area contributed by atoms with E-state index in [4.69, 9.17) is 0 Å². The van der Waals surface area contributed by atoms with E-state index in [2.05, 4.69) is 107 Å². The van der Waals surface area contributed by atoms with E-state index < -0.39 is 0 Å². The summed E-state index contributed by atoms with van der Waals surface area (Å²) in [6.45, 7) is 9.86. The summed E-state index contributed by atoms with van der Waals surface area (Å²) in [6, 6.07) is 16.9. The molecule has 0 heteroatoms. The molecule has 1 unspecified atom stereocenters. The summed E-state index contributed by atoms with van der Waals surface area (Å²) >= 11 is 0. The number of allylic oxidation sites excluding steroid dienone is 12. The Balaban J connectivity index is 1.04. The number of benzene rings is 3. The zero-order valence-electron chi connectivity index (χ0n) is 27.9. The molecule has 0 amide bonds. The molecule has 7 aliphatic carbocycles. The first-order valence-corrected chi connectivity index (χ1v) is 18.0. The summed E-state index contributed by atoms with van der Waals surface area (Å²) in [5.41, 5.74) is 20.4. The maximum absolute atomic E-state index is 2.63. The quantitative estimate of drug-likeness (QED) is 0.276. The Morgan fingerprint density at radius 2 is 1.39 bits per heavy atom. The predicted octanol–water partition coefficient (Wildman–Crippen LogP) is 10.8. The Hall–Kier alpha value is -3.90. The second kappa shape index (κ2) is 9.34. The Morgan fingerprint density at radius 3 is 2.24 bits per heavy atom. The molecule has 3 aromatic rings. The molecule has 0 nitrogen and oxygen atoms in total. The lowest BCUT2D eigenvalue weighted by Gasteiger charge is -2.30. The first-order valence-electron chi connectivity index (χ1n) is 18.0. The van der Waals surface area contributed by atoms with E-state index in [1.165, 1.54) is 88.4 Å². The third-order valence-corrected chi connectivity index (χ3v) is 13.1. The van der Waals surface area contributed by atoms with Gasteiger partial charge in [0.2, 0.25) is 0 Å². The van der Waals surface area contributed by atoms with Gasteiger partial charge in [-0.15, -0.1) is 0 Å². The van der Waals surface area contributed by atoms with Crippen molar-refractivity contribution in [3.05, 3.63) is 133 Å². The van der Waals surface area contributed by atoms with Crippen LogP contribution in [0.1, 0.15) is 108 Å². The number of hydrogen-bond donors (Lipinski definition) is 0. The van der Waals surface area contributed by atoms with Gasteiger partial charge in [0.25, 0.3) is 0 Å². The summed E-state index contributed by atoms with van der Waals surface area (Å²) in [5.74, 6) is 0.683. The zero-order chi connectivity index (χ0) is 30.9. The SMILES string of the molecule is CC1(C)C2=C(CCC=C2)C2=C1C=C(C1=CC3=C(CC1)c1ccc(-c4ccc5ccc6c7c5c4=CCC7CCC=6)cc1C3(C)C)CC2. The van der Waals surface area contributed by atoms with Gasteiger partial charge in [-0.05, 0) is 163 Å². The van der Waals surface area contributed by atoms with E-state index in [9.17, 15) is 0 Å². The highest BCUT2D eigenvalue weighted by Crippen LogP contribution is 2.56. The molecule has 7 aliphatic rings. The maximum atomic E-state index is 2.63. The van der Waals surface area contributed by atoms with Crippen LogP contribution < -0.4 is 10.4 Å². The minimum Gasteiger partial charge on any atom is -0.0839 e. The molecule has 1 atom stereocenters. The number of hydrogen-bond acceptors (Lipinski definition) is 0. The van der Waals surface area contributed by atoms with Gasteiger partial charge in [-0.25, -0.2) is 0 Å². The van der Waals surface area contributed by atoms with Gasteiger partial charge in [0.05, 0.1) is 0 Å². The van der Waals surface area contributed by atoms with Crippen molar-refractivity contribution < 1.29 is 0 Å². The van der Waals surface area contributed by atoms with Gasteiger partial charge in [-0.2, -0.15) is 0 Å². The molecule has 10 rings (SSSR count). The Bertz CT molecular complexity index is 2260. The highest BCUT2D eigenvalue weighted by atomic mass is 14.5. The minimum atomic E-state index is 0.00108. The average molecular weight is 597 g/mol. The van der Waals surface area contributed by atoms with E-state index in [1.807, 2.05) is 0 Å². The van der Waals surface area contributed by atoms with Crippen LogP contribution in [0.5, 0.6) is 0 Å². The molecule has 228 valence electrons. The van der Waals surface area contributed by atoms with Crippen LogP contribution in [0.2, 0.25) is 0 Å². The van der Waals surface area contributed by atoms with E-state index in [1.54, 1.807) is 50.1 Å². The number of rotatable bonds is 2. The van der Waals surface area contributed by atoms with Crippen LogP contribution in [0.25, 0.3) is 39.6 Å². The van der Waals surface area contributed by atoms with Gasteiger partial charge in [-0.1, -0.05) is 101 Å². The van der Waals surface area contributed by atoms with E-state index >= 15 is 0 Å². The highest BCUT2D eigenvalue weighted by Gasteiger charge is 2.41. The molecule has 0 saturated heterocycles.